The molecule has 21 heavy (non-hydrogen) atoms. The Morgan fingerprint density at radius 1 is 1.10 bits per heavy atom. The quantitative estimate of drug-likeness (QED) is 0.861. The van der Waals surface area contributed by atoms with E-state index in [4.69, 9.17) is 0 Å². The molecule has 0 unspecified atom stereocenters. The van der Waals surface area contributed by atoms with Gasteiger partial charge in [-0.15, -0.1) is 0 Å². The first-order valence-corrected chi connectivity index (χ1v) is 8.02. The molecular weight excluding hydrogens is 291 g/mol. The summed E-state index contributed by atoms with van der Waals surface area (Å²) in [5.41, 5.74) is 1.29. The maximum atomic E-state index is 13.0. The molecule has 0 aromatic heterocycles. The molecule has 0 aliphatic carbocycles. The molecule has 2 N–H and O–H groups in total. The van der Waals surface area contributed by atoms with E-state index in [1.54, 1.807) is 37.4 Å². The van der Waals surface area contributed by atoms with Crippen LogP contribution in [0.1, 0.15) is 5.56 Å². The molecule has 0 amide bonds. The van der Waals surface area contributed by atoms with E-state index in [9.17, 15) is 12.8 Å². The largest absolute Gasteiger partial charge is 0.387 e. The summed E-state index contributed by atoms with van der Waals surface area (Å²) in [5.74, 6) is -0.323. The topological polar surface area (TPSA) is 58.2 Å². The van der Waals surface area contributed by atoms with Gasteiger partial charge in [-0.25, -0.2) is 17.5 Å². The van der Waals surface area contributed by atoms with Crippen molar-refractivity contribution in [1.82, 2.24) is 4.72 Å². The van der Waals surface area contributed by atoms with Gasteiger partial charge in [-0.1, -0.05) is 24.3 Å². The first kappa shape index (κ1) is 15.5. The lowest BCUT2D eigenvalue weighted by Gasteiger charge is -2.11. The smallest absolute Gasteiger partial charge is 0.242 e. The lowest BCUT2D eigenvalue weighted by Crippen LogP contribution is -2.26. The van der Waals surface area contributed by atoms with Crippen molar-refractivity contribution in [2.24, 2.45) is 0 Å². The van der Waals surface area contributed by atoms with Crippen molar-refractivity contribution >= 4 is 15.7 Å². The lowest BCUT2D eigenvalue weighted by atomic mass is 10.1. The van der Waals surface area contributed by atoms with E-state index >= 15 is 0 Å². The molecule has 2 aromatic carbocycles. The Bertz CT molecular complexity index is 717. The van der Waals surface area contributed by atoms with E-state index in [1.165, 1.54) is 18.2 Å². The van der Waals surface area contributed by atoms with Crippen LogP contribution < -0.4 is 10.0 Å². The van der Waals surface area contributed by atoms with Gasteiger partial charge in [0.25, 0.3) is 0 Å². The van der Waals surface area contributed by atoms with Gasteiger partial charge >= 0.3 is 0 Å². The van der Waals surface area contributed by atoms with Crippen LogP contribution >= 0.6 is 0 Å². The highest BCUT2D eigenvalue weighted by molar-refractivity contribution is 7.89. The summed E-state index contributed by atoms with van der Waals surface area (Å²) in [4.78, 5) is 0.201. The second-order valence-corrected chi connectivity index (χ2v) is 6.26. The first-order valence-electron chi connectivity index (χ1n) is 6.54. The highest BCUT2D eigenvalue weighted by Gasteiger charge is 2.16. The Morgan fingerprint density at radius 2 is 1.86 bits per heavy atom. The Balaban J connectivity index is 2.05. The predicted molar refractivity (Wildman–Crippen MR) is 81.3 cm³/mol. The minimum absolute atomic E-state index is 0.201. The number of nitrogens with one attached hydrogen (secondary N) is 2. The average Bonchev–Trinajstić information content (AvgIpc) is 2.47. The summed E-state index contributed by atoms with van der Waals surface area (Å²) >= 11 is 0. The predicted octanol–water partition coefficient (Wildman–Crippen LogP) is 2.39. The fraction of sp³-hybridized carbons (Fsp3) is 0.200. The minimum Gasteiger partial charge on any atom is -0.387 e. The van der Waals surface area contributed by atoms with Crippen LogP contribution in [0.5, 0.6) is 0 Å². The highest BCUT2D eigenvalue weighted by Crippen LogP contribution is 2.19. The highest BCUT2D eigenvalue weighted by atomic mass is 32.2. The zero-order chi connectivity index (χ0) is 15.3. The third-order valence-corrected chi connectivity index (χ3v) is 4.56. The molecule has 6 heteroatoms. The van der Waals surface area contributed by atoms with Crippen molar-refractivity contribution in [2.45, 2.75) is 11.3 Å². The van der Waals surface area contributed by atoms with Crippen molar-refractivity contribution in [3.05, 3.63) is 59.9 Å². The van der Waals surface area contributed by atoms with Crippen LogP contribution in [0.3, 0.4) is 0 Å². The Kier molecular flexibility index (Phi) is 4.93. The standard InChI is InChI=1S/C15H17FN2O2S/c1-17-14-7-2-3-8-15(14)21(19,20)18-10-9-12-5-4-6-13(16)11-12/h2-8,11,17-18H,9-10H2,1H3. The van der Waals surface area contributed by atoms with Crippen molar-refractivity contribution in [1.29, 1.82) is 0 Å². The van der Waals surface area contributed by atoms with Crippen LogP contribution in [-0.4, -0.2) is 22.0 Å². The molecule has 112 valence electrons. The van der Waals surface area contributed by atoms with Gasteiger partial charge < -0.3 is 5.32 Å². The zero-order valence-electron chi connectivity index (χ0n) is 11.6. The fourth-order valence-corrected chi connectivity index (χ4v) is 3.25. The van der Waals surface area contributed by atoms with E-state index in [0.717, 1.165) is 5.56 Å². The van der Waals surface area contributed by atoms with Crippen molar-refractivity contribution < 1.29 is 12.8 Å². The molecule has 0 fully saturated rings. The van der Waals surface area contributed by atoms with E-state index in [-0.39, 0.29) is 17.3 Å². The van der Waals surface area contributed by atoms with Gasteiger partial charge in [0, 0.05) is 13.6 Å². The maximum absolute atomic E-state index is 13.0. The third kappa shape index (κ3) is 4.03. The van der Waals surface area contributed by atoms with Crippen LogP contribution in [0.2, 0.25) is 0 Å². The normalized spacial score (nSPS) is 11.3. The summed E-state index contributed by atoms with van der Waals surface area (Å²) in [7, 11) is -1.92. The van der Waals surface area contributed by atoms with Crippen molar-refractivity contribution in [3.8, 4) is 0 Å². The third-order valence-electron chi connectivity index (χ3n) is 3.04. The van der Waals surface area contributed by atoms with Gasteiger partial charge in [0.1, 0.15) is 10.7 Å². The van der Waals surface area contributed by atoms with E-state index in [2.05, 4.69) is 10.0 Å². The molecule has 0 radical (unpaired) electrons. The van der Waals surface area contributed by atoms with Gasteiger partial charge in [0.2, 0.25) is 10.0 Å². The molecule has 0 aliphatic heterocycles. The van der Waals surface area contributed by atoms with Crippen LogP contribution in [0.15, 0.2) is 53.4 Å². The number of hydrogen-bond donors (Lipinski definition) is 2. The van der Waals surface area contributed by atoms with Gasteiger partial charge in [0.05, 0.1) is 5.69 Å². The molecule has 0 spiro atoms. The van der Waals surface area contributed by atoms with Crippen molar-refractivity contribution in [3.63, 3.8) is 0 Å². The van der Waals surface area contributed by atoms with Gasteiger partial charge in [-0.05, 0) is 36.2 Å². The van der Waals surface area contributed by atoms with Gasteiger partial charge in [-0.3, -0.25) is 0 Å². The summed E-state index contributed by atoms with van der Waals surface area (Å²) < 4.78 is 40.1. The fourth-order valence-electron chi connectivity index (χ4n) is 2.01. The molecule has 4 nitrogen and oxygen atoms in total. The molecule has 0 saturated carbocycles. The number of hydrogen-bond acceptors (Lipinski definition) is 3. The molecule has 0 saturated heterocycles. The van der Waals surface area contributed by atoms with E-state index in [1.807, 2.05) is 0 Å². The lowest BCUT2D eigenvalue weighted by molar-refractivity contribution is 0.582. The van der Waals surface area contributed by atoms with Crippen LogP contribution in [0.25, 0.3) is 0 Å². The van der Waals surface area contributed by atoms with E-state index < -0.39 is 10.0 Å². The molecular formula is C15H17FN2O2S. The summed E-state index contributed by atoms with van der Waals surface area (Å²) in [6.45, 7) is 0.212. The Morgan fingerprint density at radius 3 is 2.57 bits per heavy atom. The van der Waals surface area contributed by atoms with Crippen molar-refractivity contribution in [2.75, 3.05) is 18.9 Å². The Labute approximate surface area is 124 Å². The number of anilines is 1. The second kappa shape index (κ2) is 6.69. The Hall–Kier alpha value is -1.92. The molecule has 0 aliphatic rings. The number of halogens is 1. The van der Waals surface area contributed by atoms with E-state index in [0.29, 0.717) is 12.1 Å². The van der Waals surface area contributed by atoms with Gasteiger partial charge in [0.15, 0.2) is 0 Å². The molecule has 2 aromatic rings. The molecule has 0 atom stereocenters. The number of sulfonamides is 1. The van der Waals surface area contributed by atoms with Crippen LogP contribution in [0.4, 0.5) is 10.1 Å². The summed E-state index contributed by atoms with van der Waals surface area (Å²) in [6, 6.07) is 12.8. The SMILES string of the molecule is CNc1ccccc1S(=O)(=O)NCCc1cccc(F)c1. The molecule has 0 heterocycles. The van der Waals surface area contributed by atoms with Crippen LogP contribution in [0, 0.1) is 5.82 Å². The molecule has 2 rings (SSSR count). The monoisotopic (exact) mass is 308 g/mol. The number of rotatable bonds is 6. The molecule has 0 bridgehead atoms. The first-order chi connectivity index (χ1) is 10.0. The maximum Gasteiger partial charge on any atom is 0.242 e. The van der Waals surface area contributed by atoms with Gasteiger partial charge in [-0.2, -0.15) is 0 Å². The summed E-state index contributed by atoms with van der Waals surface area (Å²) in [5, 5.41) is 2.85. The summed E-state index contributed by atoms with van der Waals surface area (Å²) in [6.07, 6.45) is 0.429. The minimum atomic E-state index is -3.59. The number of para-hydroxylation sites is 1. The second-order valence-electron chi connectivity index (χ2n) is 4.52. The zero-order valence-corrected chi connectivity index (χ0v) is 12.5. The number of benzene rings is 2. The van der Waals surface area contributed by atoms with Crippen LogP contribution in [-0.2, 0) is 16.4 Å². The average molecular weight is 308 g/mol.